The highest BCUT2D eigenvalue weighted by Gasteiger charge is 2.20. The SMILES string of the molecule is CCc1nc(C(=O)O)c(-c2cc(Br)ccc2Cl)s1. The van der Waals surface area contributed by atoms with Crippen LogP contribution in [0.2, 0.25) is 5.02 Å². The number of aromatic nitrogens is 1. The second kappa shape index (κ2) is 5.38. The molecule has 2 rings (SSSR count). The van der Waals surface area contributed by atoms with Crippen molar-refractivity contribution in [3.63, 3.8) is 0 Å². The summed E-state index contributed by atoms with van der Waals surface area (Å²) in [4.78, 5) is 15.9. The fourth-order valence-corrected chi connectivity index (χ4v) is 3.17. The van der Waals surface area contributed by atoms with E-state index in [-0.39, 0.29) is 5.69 Å². The van der Waals surface area contributed by atoms with Gasteiger partial charge in [-0.3, -0.25) is 0 Å². The molecular formula is C12H9BrClNO2S. The molecule has 0 aliphatic heterocycles. The van der Waals surface area contributed by atoms with Crippen LogP contribution in [0.1, 0.15) is 22.4 Å². The summed E-state index contributed by atoms with van der Waals surface area (Å²) in [5.74, 6) is -1.03. The minimum Gasteiger partial charge on any atom is -0.476 e. The molecule has 18 heavy (non-hydrogen) atoms. The number of carboxylic acids is 1. The molecule has 3 nitrogen and oxygen atoms in total. The van der Waals surface area contributed by atoms with E-state index in [9.17, 15) is 9.90 Å². The lowest BCUT2D eigenvalue weighted by Crippen LogP contribution is -1.99. The van der Waals surface area contributed by atoms with E-state index in [1.807, 2.05) is 19.1 Å². The molecule has 0 amide bonds. The Kier molecular flexibility index (Phi) is 4.04. The first-order valence-corrected chi connectivity index (χ1v) is 7.20. The molecule has 0 aliphatic carbocycles. The maximum absolute atomic E-state index is 11.2. The van der Waals surface area contributed by atoms with Crippen LogP contribution >= 0.6 is 38.9 Å². The first-order chi connectivity index (χ1) is 8.52. The van der Waals surface area contributed by atoms with Gasteiger partial charge in [-0.25, -0.2) is 9.78 Å². The number of hydrogen-bond donors (Lipinski definition) is 1. The van der Waals surface area contributed by atoms with Gasteiger partial charge in [-0.1, -0.05) is 34.5 Å². The molecule has 0 saturated heterocycles. The van der Waals surface area contributed by atoms with E-state index in [2.05, 4.69) is 20.9 Å². The van der Waals surface area contributed by atoms with Gasteiger partial charge < -0.3 is 5.11 Å². The summed E-state index contributed by atoms with van der Waals surface area (Å²) >= 11 is 10.8. The number of benzene rings is 1. The third kappa shape index (κ3) is 2.58. The Bertz CT molecular complexity index is 612. The normalized spacial score (nSPS) is 10.6. The van der Waals surface area contributed by atoms with Gasteiger partial charge in [-0.15, -0.1) is 11.3 Å². The lowest BCUT2D eigenvalue weighted by molar-refractivity contribution is 0.0692. The standard InChI is InChI=1S/C12H9BrClNO2S/c1-2-9-15-10(12(16)17)11(18-9)7-5-6(13)3-4-8(7)14/h3-5H,2H2,1H3,(H,16,17). The molecule has 94 valence electrons. The van der Waals surface area contributed by atoms with Crippen molar-refractivity contribution >= 4 is 44.8 Å². The number of halogens is 2. The van der Waals surface area contributed by atoms with Crippen LogP contribution in [-0.2, 0) is 6.42 Å². The highest BCUT2D eigenvalue weighted by Crippen LogP contribution is 2.37. The van der Waals surface area contributed by atoms with Crippen LogP contribution in [0.5, 0.6) is 0 Å². The van der Waals surface area contributed by atoms with E-state index >= 15 is 0 Å². The summed E-state index contributed by atoms with van der Waals surface area (Å²) in [6.45, 7) is 1.94. The summed E-state index contributed by atoms with van der Waals surface area (Å²) in [7, 11) is 0. The van der Waals surface area contributed by atoms with Gasteiger partial charge in [-0.05, 0) is 24.6 Å². The Balaban J connectivity index is 2.65. The third-order valence-corrected chi connectivity index (χ3v) is 4.41. The largest absolute Gasteiger partial charge is 0.476 e. The first-order valence-electron chi connectivity index (χ1n) is 5.21. The molecule has 0 atom stereocenters. The van der Waals surface area contributed by atoms with Gasteiger partial charge in [0.05, 0.1) is 9.88 Å². The molecule has 0 aliphatic rings. The number of aromatic carboxylic acids is 1. The van der Waals surface area contributed by atoms with Crippen LogP contribution in [0.15, 0.2) is 22.7 Å². The number of nitrogens with zero attached hydrogens (tertiary/aromatic N) is 1. The minimum atomic E-state index is -1.03. The zero-order valence-electron chi connectivity index (χ0n) is 9.41. The number of aryl methyl sites for hydroxylation is 1. The van der Waals surface area contributed by atoms with Crippen molar-refractivity contribution in [3.8, 4) is 10.4 Å². The van der Waals surface area contributed by atoms with E-state index in [0.29, 0.717) is 21.9 Å². The van der Waals surface area contributed by atoms with Crippen molar-refractivity contribution in [2.24, 2.45) is 0 Å². The Morgan fingerprint density at radius 1 is 1.56 bits per heavy atom. The number of rotatable bonds is 3. The molecule has 0 radical (unpaired) electrons. The van der Waals surface area contributed by atoms with Gasteiger partial charge in [0.1, 0.15) is 0 Å². The molecule has 2 aromatic rings. The van der Waals surface area contributed by atoms with E-state index in [0.717, 1.165) is 9.48 Å². The summed E-state index contributed by atoms with van der Waals surface area (Å²) in [5.41, 5.74) is 0.762. The van der Waals surface area contributed by atoms with Crippen LogP contribution in [0.25, 0.3) is 10.4 Å². The molecule has 1 N–H and O–H groups in total. The predicted octanol–water partition coefficient (Wildman–Crippen LogP) is 4.49. The number of carbonyl (C=O) groups is 1. The van der Waals surface area contributed by atoms with Gasteiger partial charge in [0.25, 0.3) is 0 Å². The highest BCUT2D eigenvalue weighted by molar-refractivity contribution is 9.10. The molecule has 1 aromatic carbocycles. The average molecular weight is 347 g/mol. The van der Waals surface area contributed by atoms with Crippen LogP contribution in [0.4, 0.5) is 0 Å². The van der Waals surface area contributed by atoms with Crippen molar-refractivity contribution < 1.29 is 9.90 Å². The Morgan fingerprint density at radius 3 is 2.89 bits per heavy atom. The Morgan fingerprint density at radius 2 is 2.28 bits per heavy atom. The number of thiazole rings is 1. The summed E-state index contributed by atoms with van der Waals surface area (Å²) < 4.78 is 0.852. The predicted molar refractivity (Wildman–Crippen MR) is 76.6 cm³/mol. The maximum atomic E-state index is 11.2. The fraction of sp³-hybridized carbons (Fsp3) is 0.167. The maximum Gasteiger partial charge on any atom is 0.356 e. The number of hydrogen-bond acceptors (Lipinski definition) is 3. The van der Waals surface area contributed by atoms with Gasteiger partial charge in [0, 0.05) is 15.1 Å². The van der Waals surface area contributed by atoms with Gasteiger partial charge >= 0.3 is 5.97 Å². The van der Waals surface area contributed by atoms with Crippen molar-refractivity contribution in [2.75, 3.05) is 0 Å². The van der Waals surface area contributed by atoms with E-state index in [4.69, 9.17) is 11.6 Å². The van der Waals surface area contributed by atoms with Gasteiger partial charge in [0.2, 0.25) is 0 Å². The zero-order valence-corrected chi connectivity index (χ0v) is 12.6. The van der Waals surface area contributed by atoms with E-state index in [1.165, 1.54) is 11.3 Å². The summed E-state index contributed by atoms with van der Waals surface area (Å²) in [6, 6.07) is 5.35. The Labute approximate surface area is 122 Å². The first kappa shape index (κ1) is 13.5. The monoisotopic (exact) mass is 345 g/mol. The lowest BCUT2D eigenvalue weighted by atomic mass is 10.1. The number of carboxylic acid groups (broad SMARTS) is 1. The van der Waals surface area contributed by atoms with Crippen LogP contribution in [0, 0.1) is 0 Å². The molecule has 1 heterocycles. The van der Waals surface area contributed by atoms with E-state index in [1.54, 1.807) is 6.07 Å². The molecule has 1 aromatic heterocycles. The zero-order chi connectivity index (χ0) is 13.3. The minimum absolute atomic E-state index is 0.0665. The topological polar surface area (TPSA) is 50.2 Å². The molecule has 6 heteroatoms. The molecule has 0 saturated carbocycles. The van der Waals surface area contributed by atoms with Crippen LogP contribution in [0.3, 0.4) is 0 Å². The van der Waals surface area contributed by atoms with Crippen molar-refractivity contribution in [1.82, 2.24) is 4.98 Å². The van der Waals surface area contributed by atoms with E-state index < -0.39 is 5.97 Å². The van der Waals surface area contributed by atoms with Crippen molar-refractivity contribution in [3.05, 3.63) is 38.4 Å². The van der Waals surface area contributed by atoms with Gasteiger partial charge in [-0.2, -0.15) is 0 Å². The Hall–Kier alpha value is -0.910. The quantitative estimate of drug-likeness (QED) is 0.891. The summed E-state index contributed by atoms with van der Waals surface area (Å²) in [6.07, 6.45) is 0.705. The van der Waals surface area contributed by atoms with Gasteiger partial charge in [0.15, 0.2) is 5.69 Å². The van der Waals surface area contributed by atoms with Crippen LogP contribution < -0.4 is 0 Å². The highest BCUT2D eigenvalue weighted by atomic mass is 79.9. The molecule has 0 unspecified atom stereocenters. The van der Waals surface area contributed by atoms with Crippen molar-refractivity contribution in [1.29, 1.82) is 0 Å². The fourth-order valence-electron chi connectivity index (χ4n) is 1.51. The molecule has 0 spiro atoms. The smallest absolute Gasteiger partial charge is 0.356 e. The third-order valence-electron chi connectivity index (χ3n) is 2.35. The lowest BCUT2D eigenvalue weighted by Gasteiger charge is -2.03. The summed E-state index contributed by atoms with van der Waals surface area (Å²) in [5, 5.41) is 10.5. The van der Waals surface area contributed by atoms with Crippen molar-refractivity contribution in [2.45, 2.75) is 13.3 Å². The average Bonchev–Trinajstić information content (AvgIpc) is 2.76. The molecular weight excluding hydrogens is 338 g/mol. The second-order valence-electron chi connectivity index (χ2n) is 3.57. The molecule has 0 fully saturated rings. The van der Waals surface area contributed by atoms with Crippen LogP contribution in [-0.4, -0.2) is 16.1 Å². The molecule has 0 bridgehead atoms. The second-order valence-corrected chi connectivity index (χ2v) is 5.97.